The van der Waals surface area contributed by atoms with Crippen LogP contribution in [-0.4, -0.2) is 49.2 Å². The number of carbonyl (C=O) groups excluding carboxylic acids is 1. The molecule has 2 fully saturated rings. The Morgan fingerprint density at radius 1 is 1.41 bits per heavy atom. The predicted octanol–water partition coefficient (Wildman–Crippen LogP) is 1.15. The van der Waals surface area contributed by atoms with Crippen LogP contribution in [0, 0.1) is 0 Å². The van der Waals surface area contributed by atoms with Gasteiger partial charge in [-0.2, -0.15) is 0 Å². The summed E-state index contributed by atoms with van der Waals surface area (Å²) >= 11 is 0. The Balaban J connectivity index is 1.87. The fraction of sp³-hybridized carbons (Fsp3) is 0.923. The predicted molar refractivity (Wildman–Crippen MR) is 66.8 cm³/mol. The van der Waals surface area contributed by atoms with Gasteiger partial charge >= 0.3 is 0 Å². The summed E-state index contributed by atoms with van der Waals surface area (Å²) in [5.41, 5.74) is 0. The number of amides is 1. The van der Waals surface area contributed by atoms with E-state index in [1.165, 1.54) is 6.42 Å². The van der Waals surface area contributed by atoms with Crippen LogP contribution in [0.5, 0.6) is 0 Å². The zero-order chi connectivity index (χ0) is 12.3. The van der Waals surface area contributed by atoms with Gasteiger partial charge in [0.25, 0.3) is 5.91 Å². The lowest BCUT2D eigenvalue weighted by atomic mass is 10.0. The average Bonchev–Trinajstić information content (AvgIpc) is 2.86. The van der Waals surface area contributed by atoms with Crippen LogP contribution < -0.4 is 5.32 Å². The van der Waals surface area contributed by atoms with Crippen molar-refractivity contribution in [2.75, 3.05) is 20.1 Å². The fourth-order valence-electron chi connectivity index (χ4n) is 2.80. The van der Waals surface area contributed by atoms with Crippen LogP contribution in [0.3, 0.4) is 0 Å². The highest BCUT2D eigenvalue weighted by Gasteiger charge is 2.34. The minimum Gasteiger partial charge on any atom is -0.365 e. The molecule has 0 aromatic heterocycles. The normalized spacial score (nSPS) is 34.0. The molecule has 4 heteroatoms. The number of nitrogens with one attached hydrogen (secondary N) is 1. The van der Waals surface area contributed by atoms with Gasteiger partial charge < -0.3 is 15.0 Å². The summed E-state index contributed by atoms with van der Waals surface area (Å²) in [5.74, 6) is 0.209. The SMILES string of the molecule is CCC1CCC(C(=O)N2CCCC(NC)C2)O1. The highest BCUT2D eigenvalue weighted by Crippen LogP contribution is 2.24. The largest absolute Gasteiger partial charge is 0.365 e. The van der Waals surface area contributed by atoms with Crippen molar-refractivity contribution < 1.29 is 9.53 Å². The maximum atomic E-state index is 12.3. The highest BCUT2D eigenvalue weighted by molar-refractivity contribution is 5.81. The van der Waals surface area contributed by atoms with Gasteiger partial charge in [0.15, 0.2) is 0 Å². The van der Waals surface area contributed by atoms with Crippen molar-refractivity contribution in [3.63, 3.8) is 0 Å². The fourth-order valence-corrected chi connectivity index (χ4v) is 2.80. The van der Waals surface area contributed by atoms with Crippen LogP contribution >= 0.6 is 0 Å². The van der Waals surface area contributed by atoms with Crippen LogP contribution in [-0.2, 0) is 9.53 Å². The van der Waals surface area contributed by atoms with Crippen LogP contribution in [0.15, 0.2) is 0 Å². The van der Waals surface area contributed by atoms with E-state index in [-0.39, 0.29) is 12.0 Å². The Morgan fingerprint density at radius 3 is 2.88 bits per heavy atom. The van der Waals surface area contributed by atoms with Gasteiger partial charge in [-0.05, 0) is 39.2 Å². The molecule has 4 nitrogen and oxygen atoms in total. The monoisotopic (exact) mass is 240 g/mol. The Labute approximate surface area is 104 Å². The first kappa shape index (κ1) is 12.8. The number of hydrogen-bond donors (Lipinski definition) is 1. The molecule has 2 heterocycles. The zero-order valence-electron chi connectivity index (χ0n) is 10.9. The summed E-state index contributed by atoms with van der Waals surface area (Å²) in [6.45, 7) is 3.86. The van der Waals surface area contributed by atoms with Crippen molar-refractivity contribution >= 4 is 5.91 Å². The van der Waals surface area contributed by atoms with E-state index in [0.29, 0.717) is 12.1 Å². The number of piperidine rings is 1. The molecule has 0 saturated carbocycles. The molecule has 17 heavy (non-hydrogen) atoms. The summed E-state index contributed by atoms with van der Waals surface area (Å²) in [4.78, 5) is 14.3. The molecule has 2 aliphatic rings. The number of nitrogens with zero attached hydrogens (tertiary/aromatic N) is 1. The third kappa shape index (κ3) is 2.99. The molecule has 0 spiro atoms. The molecule has 3 atom stereocenters. The van der Waals surface area contributed by atoms with Gasteiger partial charge in [-0.25, -0.2) is 0 Å². The van der Waals surface area contributed by atoms with Crippen molar-refractivity contribution in [1.82, 2.24) is 10.2 Å². The number of likely N-dealkylation sites (tertiary alicyclic amines) is 1. The standard InChI is InChI=1S/C13H24N2O2/c1-3-11-6-7-12(17-11)13(16)15-8-4-5-10(9-15)14-2/h10-12,14H,3-9H2,1-2H3. The third-order valence-electron chi connectivity index (χ3n) is 3.98. The van der Waals surface area contributed by atoms with E-state index in [9.17, 15) is 4.79 Å². The van der Waals surface area contributed by atoms with E-state index in [4.69, 9.17) is 4.74 Å². The van der Waals surface area contributed by atoms with E-state index in [1.54, 1.807) is 0 Å². The van der Waals surface area contributed by atoms with Crippen LogP contribution in [0.25, 0.3) is 0 Å². The minimum absolute atomic E-state index is 0.171. The van der Waals surface area contributed by atoms with Gasteiger partial charge in [-0.1, -0.05) is 6.92 Å². The van der Waals surface area contributed by atoms with Crippen molar-refractivity contribution in [1.29, 1.82) is 0 Å². The molecule has 2 rings (SSSR count). The molecular formula is C13H24N2O2. The van der Waals surface area contributed by atoms with E-state index < -0.39 is 0 Å². The first-order valence-electron chi connectivity index (χ1n) is 6.86. The first-order valence-corrected chi connectivity index (χ1v) is 6.86. The Kier molecular flexibility index (Phi) is 4.40. The smallest absolute Gasteiger partial charge is 0.251 e. The first-order chi connectivity index (χ1) is 8.24. The number of likely N-dealkylation sites (N-methyl/N-ethyl adjacent to an activating group) is 1. The molecule has 1 N–H and O–H groups in total. The lowest BCUT2D eigenvalue weighted by Gasteiger charge is -2.34. The molecule has 2 aliphatic heterocycles. The quantitative estimate of drug-likeness (QED) is 0.804. The Bertz CT molecular complexity index is 270. The molecule has 0 aromatic carbocycles. The third-order valence-corrected chi connectivity index (χ3v) is 3.98. The van der Waals surface area contributed by atoms with Crippen molar-refractivity contribution in [3.8, 4) is 0 Å². The van der Waals surface area contributed by atoms with Gasteiger partial charge in [0, 0.05) is 19.1 Å². The molecule has 0 aromatic rings. The molecule has 3 unspecified atom stereocenters. The van der Waals surface area contributed by atoms with Crippen LogP contribution in [0.2, 0.25) is 0 Å². The molecule has 0 bridgehead atoms. The van der Waals surface area contributed by atoms with E-state index in [1.807, 2.05) is 11.9 Å². The van der Waals surface area contributed by atoms with Crippen LogP contribution in [0.1, 0.15) is 39.0 Å². The van der Waals surface area contributed by atoms with Gasteiger partial charge in [-0.15, -0.1) is 0 Å². The number of rotatable bonds is 3. The van der Waals surface area contributed by atoms with Gasteiger partial charge in [0.05, 0.1) is 6.10 Å². The number of hydrogen-bond acceptors (Lipinski definition) is 3. The lowest BCUT2D eigenvalue weighted by Crippen LogP contribution is -2.50. The average molecular weight is 240 g/mol. The summed E-state index contributed by atoms with van der Waals surface area (Å²) in [7, 11) is 1.97. The molecule has 2 saturated heterocycles. The summed E-state index contributed by atoms with van der Waals surface area (Å²) in [6.07, 6.45) is 5.35. The second-order valence-corrected chi connectivity index (χ2v) is 5.14. The summed E-state index contributed by atoms with van der Waals surface area (Å²) in [6, 6.07) is 0.455. The topological polar surface area (TPSA) is 41.6 Å². The molecule has 0 aliphatic carbocycles. The van der Waals surface area contributed by atoms with Gasteiger partial charge in [0.1, 0.15) is 6.10 Å². The Hall–Kier alpha value is -0.610. The van der Waals surface area contributed by atoms with Crippen LogP contribution in [0.4, 0.5) is 0 Å². The minimum atomic E-state index is -0.171. The molecule has 0 radical (unpaired) electrons. The zero-order valence-corrected chi connectivity index (χ0v) is 10.9. The van der Waals surface area contributed by atoms with E-state index in [2.05, 4.69) is 12.2 Å². The van der Waals surface area contributed by atoms with E-state index in [0.717, 1.165) is 38.8 Å². The summed E-state index contributed by atoms with van der Waals surface area (Å²) in [5, 5.41) is 3.26. The molecule has 1 amide bonds. The second kappa shape index (κ2) is 5.83. The van der Waals surface area contributed by atoms with Crippen molar-refractivity contribution in [2.45, 2.75) is 57.3 Å². The molecule has 98 valence electrons. The van der Waals surface area contributed by atoms with Crippen molar-refractivity contribution in [3.05, 3.63) is 0 Å². The second-order valence-electron chi connectivity index (χ2n) is 5.14. The van der Waals surface area contributed by atoms with E-state index >= 15 is 0 Å². The number of carbonyl (C=O) groups is 1. The van der Waals surface area contributed by atoms with Gasteiger partial charge in [0.2, 0.25) is 0 Å². The lowest BCUT2D eigenvalue weighted by molar-refractivity contribution is -0.144. The maximum Gasteiger partial charge on any atom is 0.251 e. The number of ether oxygens (including phenoxy) is 1. The maximum absolute atomic E-state index is 12.3. The summed E-state index contributed by atoms with van der Waals surface area (Å²) < 4.78 is 5.78. The Morgan fingerprint density at radius 2 is 2.24 bits per heavy atom. The highest BCUT2D eigenvalue weighted by atomic mass is 16.5. The molecular weight excluding hydrogens is 216 g/mol. The van der Waals surface area contributed by atoms with Gasteiger partial charge in [-0.3, -0.25) is 4.79 Å². The van der Waals surface area contributed by atoms with Crippen molar-refractivity contribution in [2.24, 2.45) is 0 Å².